The topological polar surface area (TPSA) is 162 Å². The number of aliphatic imine (C=N–C) groups is 1. The lowest BCUT2D eigenvalue weighted by atomic mass is 9.58. The van der Waals surface area contributed by atoms with Gasteiger partial charge in [0.05, 0.1) is 31.3 Å². The van der Waals surface area contributed by atoms with Gasteiger partial charge in [0.1, 0.15) is 35.9 Å². The van der Waals surface area contributed by atoms with E-state index in [1.807, 2.05) is 6.21 Å². The van der Waals surface area contributed by atoms with Gasteiger partial charge in [-0.1, -0.05) is 57.3 Å². The molecule has 9 heteroatoms. The number of carbonyl (C=O) groups excluding carboxylic acids is 2. The molecule has 60 heavy (non-hydrogen) atoms. The molecule has 334 valence electrons. The fourth-order valence-corrected chi connectivity index (χ4v) is 14.2. The number of ketones is 2. The highest BCUT2D eigenvalue weighted by Gasteiger charge is 2.53. The Morgan fingerprint density at radius 1 is 0.983 bits per heavy atom. The van der Waals surface area contributed by atoms with Crippen molar-refractivity contribution in [3.05, 3.63) is 17.7 Å². The molecule has 5 fully saturated rings. The summed E-state index contributed by atoms with van der Waals surface area (Å²) in [4.78, 5) is 33.7. The van der Waals surface area contributed by atoms with Crippen molar-refractivity contribution in [1.82, 2.24) is 0 Å². The summed E-state index contributed by atoms with van der Waals surface area (Å²) in [6, 6.07) is 0. The van der Waals surface area contributed by atoms with Crippen LogP contribution >= 0.6 is 0 Å². The minimum Gasteiger partial charge on any atom is -0.841 e. The summed E-state index contributed by atoms with van der Waals surface area (Å²) in [5, 5.41) is 40.3. The van der Waals surface area contributed by atoms with Crippen molar-refractivity contribution >= 4 is 17.8 Å². The van der Waals surface area contributed by atoms with Crippen molar-refractivity contribution in [2.75, 3.05) is 13.7 Å². The molecule has 14 atom stereocenters. The number of nitrogens with zero attached hydrogens (tertiary/aromatic N) is 1. The summed E-state index contributed by atoms with van der Waals surface area (Å²) >= 11 is 0. The number of Topliss-reactive ketones (excluding diaryl/α,β-unsaturated/α-hetero) is 2. The molecule has 14 unspecified atom stereocenters. The van der Waals surface area contributed by atoms with Crippen molar-refractivity contribution < 1.29 is 35.0 Å². The molecule has 2 aliphatic heterocycles. The first-order chi connectivity index (χ1) is 28.9. The Labute approximate surface area is 362 Å². The number of quaternary nitrogens is 1. The zero-order chi connectivity index (χ0) is 42.6. The predicted molar refractivity (Wildman–Crippen MR) is 234 cm³/mol. The van der Waals surface area contributed by atoms with Gasteiger partial charge in [-0.3, -0.25) is 5.73 Å². The third-order valence-electron chi connectivity index (χ3n) is 17.5. The van der Waals surface area contributed by atoms with Gasteiger partial charge in [-0.15, -0.1) is 4.99 Å². The Balaban J connectivity index is 1.32. The van der Waals surface area contributed by atoms with Gasteiger partial charge in [0.25, 0.3) is 0 Å². The number of methoxy groups -OCH3 is 1. The maximum absolute atomic E-state index is 14.9. The lowest BCUT2D eigenvalue weighted by Gasteiger charge is -2.47. The van der Waals surface area contributed by atoms with E-state index in [9.17, 15) is 24.9 Å². The molecule has 2 heterocycles. The molecular weight excluding hydrogens is 751 g/mol. The van der Waals surface area contributed by atoms with Crippen molar-refractivity contribution in [2.24, 2.45) is 81.2 Å². The van der Waals surface area contributed by atoms with E-state index < -0.39 is 35.8 Å². The minimum atomic E-state index is -1.93. The zero-order valence-electron chi connectivity index (χ0n) is 37.6. The van der Waals surface area contributed by atoms with Crippen molar-refractivity contribution in [3.8, 4) is 11.8 Å². The summed E-state index contributed by atoms with van der Waals surface area (Å²) in [5.41, 5.74) is 7.70. The van der Waals surface area contributed by atoms with E-state index in [4.69, 9.17) is 15.5 Å². The van der Waals surface area contributed by atoms with Crippen LogP contribution in [0.2, 0.25) is 0 Å². The number of fused-ring (bicyclic) bond motifs is 2. The number of allylic oxidation sites excluding steroid dienone is 1. The average molecular weight is 831 g/mol. The van der Waals surface area contributed by atoms with Crippen LogP contribution in [0.4, 0.5) is 0 Å². The number of carbonyl (C=O) groups is 2. The maximum Gasteiger partial charge on any atom is 0.177 e. The molecule has 0 aromatic heterocycles. The molecule has 0 aromatic rings. The second-order valence-corrected chi connectivity index (χ2v) is 21.2. The molecule has 0 aromatic carbocycles. The van der Waals surface area contributed by atoms with E-state index in [1.54, 1.807) is 7.11 Å². The zero-order valence-corrected chi connectivity index (χ0v) is 37.6. The number of aliphatic hydroxyl groups excluding tert-OH is 2. The fraction of sp³-hybridized carbons (Fsp3) is 0.843. The van der Waals surface area contributed by atoms with Gasteiger partial charge in [0.2, 0.25) is 0 Å². The standard InChI is InChI=1S/C51H79N3O6/c1-5-11-41(45(56)28-39-24-36(30-54-39)31(2)3)35-23-38(51(19-9-10-20-51)37-18-21-53-48(52)27-37)22-33-14-16-40(32-12-7-6-8-13-32)42-29-46(57)47(60-4)26-34(42)15-17-44(55)50(59)49(58)43(33)25-35/h24,30-35,37-38,40-43,45-48,50,53,56-57H,5-13,15,17-23,25-29,52H2,1-4H3/p+1. The van der Waals surface area contributed by atoms with Crippen LogP contribution in [-0.2, 0) is 14.3 Å². The Bertz CT molecular complexity index is 1570. The first kappa shape index (κ1) is 45.9. The number of hydrogen-bond acceptors (Lipinski definition) is 8. The van der Waals surface area contributed by atoms with Crippen LogP contribution in [0.5, 0.6) is 0 Å². The first-order valence-corrected chi connectivity index (χ1v) is 24.7. The summed E-state index contributed by atoms with van der Waals surface area (Å²) in [6.07, 6.45) is 19.4. The summed E-state index contributed by atoms with van der Waals surface area (Å²) in [6.45, 7) is 7.53. The first-order valence-electron chi connectivity index (χ1n) is 24.7. The lowest BCUT2D eigenvalue weighted by Crippen LogP contribution is -2.95. The Kier molecular flexibility index (Phi) is 15.8. The van der Waals surface area contributed by atoms with Gasteiger partial charge in [-0.25, -0.2) is 0 Å². The number of piperidine rings is 1. The molecule has 5 aliphatic carbocycles. The smallest absolute Gasteiger partial charge is 0.177 e. The fourth-order valence-electron chi connectivity index (χ4n) is 14.2. The highest BCUT2D eigenvalue weighted by Crippen LogP contribution is 2.59. The largest absolute Gasteiger partial charge is 0.841 e. The monoisotopic (exact) mass is 831 g/mol. The second-order valence-electron chi connectivity index (χ2n) is 21.2. The van der Waals surface area contributed by atoms with Gasteiger partial charge in [-0.2, -0.15) is 0 Å². The molecule has 7 rings (SSSR count). The van der Waals surface area contributed by atoms with Gasteiger partial charge in [0, 0.05) is 50.0 Å². The molecular formula is C51H80N3O6+. The lowest BCUT2D eigenvalue weighted by molar-refractivity contribution is -0.700. The summed E-state index contributed by atoms with van der Waals surface area (Å²) < 4.78 is 5.77. The maximum atomic E-state index is 14.9. The molecule has 6 N–H and O–H groups in total. The van der Waals surface area contributed by atoms with Gasteiger partial charge in [-0.05, 0) is 137 Å². The van der Waals surface area contributed by atoms with E-state index in [2.05, 4.69) is 44.0 Å². The third kappa shape index (κ3) is 10.2. The SMILES string of the molecule is CCCC(C(O)CC1=C[C+](C(C)C)C=N1)C1CC2C(=O)C([O-])C(=O)CCC3CC(OC)C(O)CC3C(C3CCCCC3)C#CC2CC(C2(C3CC[NH2+]C(N)C3)CCCC2)C1. The number of nitrogens with two attached hydrogens (primary N) is 2. The van der Waals surface area contributed by atoms with Crippen molar-refractivity contribution in [2.45, 2.75) is 186 Å². The number of hydrogen-bond donors (Lipinski definition) is 4. The van der Waals surface area contributed by atoms with Crippen molar-refractivity contribution in [1.29, 1.82) is 0 Å². The normalized spacial score (nSPS) is 39.1. The number of rotatable bonds is 11. The third-order valence-corrected chi connectivity index (χ3v) is 17.5. The van der Waals surface area contributed by atoms with E-state index in [-0.39, 0.29) is 65.5 Å². The Hall–Kier alpha value is -2.06. The molecule has 0 radical (unpaired) electrons. The van der Waals surface area contributed by atoms with Gasteiger partial charge in [0.15, 0.2) is 5.70 Å². The Morgan fingerprint density at radius 3 is 2.43 bits per heavy atom. The predicted octanol–water partition coefficient (Wildman–Crippen LogP) is 6.08. The molecule has 0 bridgehead atoms. The average Bonchev–Trinajstić information content (AvgIpc) is 3.90. The van der Waals surface area contributed by atoms with Gasteiger partial charge < -0.3 is 35.0 Å². The van der Waals surface area contributed by atoms with Gasteiger partial charge >= 0.3 is 0 Å². The number of aliphatic hydroxyl groups is 2. The summed E-state index contributed by atoms with van der Waals surface area (Å²) in [5.74, 6) is 8.74. The van der Waals surface area contributed by atoms with Crippen LogP contribution in [0.25, 0.3) is 0 Å². The van der Waals surface area contributed by atoms with E-state index in [0.717, 1.165) is 76.5 Å². The highest BCUT2D eigenvalue weighted by atomic mass is 16.5. The van der Waals surface area contributed by atoms with E-state index in [0.29, 0.717) is 49.9 Å². The molecule has 0 spiro atoms. The molecule has 0 amide bonds. The Morgan fingerprint density at radius 2 is 1.75 bits per heavy atom. The van der Waals surface area contributed by atoms with E-state index in [1.165, 1.54) is 38.0 Å². The molecule has 9 nitrogen and oxygen atoms in total. The quantitative estimate of drug-likeness (QED) is 0.112. The summed E-state index contributed by atoms with van der Waals surface area (Å²) in [7, 11) is 1.65. The van der Waals surface area contributed by atoms with Crippen molar-refractivity contribution in [3.63, 3.8) is 0 Å². The van der Waals surface area contributed by atoms with Crippen LogP contribution in [-0.4, -0.2) is 72.2 Å². The van der Waals surface area contributed by atoms with Crippen LogP contribution in [0, 0.1) is 88.3 Å². The van der Waals surface area contributed by atoms with Crippen LogP contribution in [0.15, 0.2) is 16.8 Å². The number of ether oxygens (including phenoxy) is 1. The molecule has 4 saturated carbocycles. The van der Waals surface area contributed by atoms with E-state index >= 15 is 0 Å². The minimum absolute atomic E-state index is 0.000249. The van der Waals surface area contributed by atoms with Crippen LogP contribution < -0.4 is 16.2 Å². The molecule has 1 saturated heterocycles. The van der Waals surface area contributed by atoms with Crippen LogP contribution in [0.3, 0.4) is 0 Å². The highest BCUT2D eigenvalue weighted by molar-refractivity contribution is 6.05. The van der Waals surface area contributed by atoms with Crippen LogP contribution in [0.1, 0.15) is 156 Å². The molecule has 7 aliphatic rings. The second kappa shape index (κ2) is 20.6.